The highest BCUT2D eigenvalue weighted by Gasteiger charge is 2.43. The summed E-state index contributed by atoms with van der Waals surface area (Å²) in [5.41, 5.74) is -0.0876. The second-order valence-corrected chi connectivity index (χ2v) is 4.79. The predicted octanol–water partition coefficient (Wildman–Crippen LogP) is -1.32. The van der Waals surface area contributed by atoms with Crippen molar-refractivity contribution in [2.24, 2.45) is 0 Å². The van der Waals surface area contributed by atoms with Crippen molar-refractivity contribution in [1.82, 2.24) is 25.6 Å². The molecule has 2 aliphatic rings. The van der Waals surface area contributed by atoms with E-state index < -0.39 is 5.54 Å². The van der Waals surface area contributed by atoms with E-state index >= 15 is 0 Å². The molecule has 7 heteroatoms. The molecule has 0 bridgehead atoms. The minimum absolute atomic E-state index is 0.0145. The first-order valence-electron chi connectivity index (χ1n) is 5.78. The molecule has 1 aliphatic carbocycles. The van der Waals surface area contributed by atoms with E-state index in [1.807, 2.05) is 0 Å². The number of amides is 1. The lowest BCUT2D eigenvalue weighted by atomic mass is 10.2. The zero-order valence-electron chi connectivity index (χ0n) is 9.39. The van der Waals surface area contributed by atoms with Crippen LogP contribution in [0, 0.1) is 0 Å². The van der Waals surface area contributed by atoms with Gasteiger partial charge in [0.05, 0.1) is 24.4 Å². The summed E-state index contributed by atoms with van der Waals surface area (Å²) in [6, 6.07) is 0.303. The molecule has 0 aromatic carbocycles. The van der Waals surface area contributed by atoms with E-state index in [1.54, 1.807) is 10.9 Å². The zero-order valence-corrected chi connectivity index (χ0v) is 9.39. The molecule has 7 nitrogen and oxygen atoms in total. The summed E-state index contributed by atoms with van der Waals surface area (Å²) < 4.78 is 1.71. The highest BCUT2D eigenvalue weighted by atomic mass is 16.3. The molecule has 0 unspecified atom stereocenters. The summed E-state index contributed by atoms with van der Waals surface area (Å²) >= 11 is 0. The Labute approximate surface area is 98.2 Å². The van der Waals surface area contributed by atoms with Gasteiger partial charge in [-0.05, 0) is 12.8 Å². The van der Waals surface area contributed by atoms with Crippen LogP contribution in [0.25, 0.3) is 0 Å². The number of aliphatic hydroxyl groups is 1. The van der Waals surface area contributed by atoms with Crippen molar-refractivity contribution in [1.29, 1.82) is 0 Å². The van der Waals surface area contributed by atoms with E-state index in [4.69, 9.17) is 5.11 Å². The minimum Gasteiger partial charge on any atom is -0.394 e. The number of aromatic nitrogens is 3. The van der Waals surface area contributed by atoms with E-state index in [9.17, 15) is 4.79 Å². The van der Waals surface area contributed by atoms with E-state index in [0.717, 1.165) is 25.9 Å². The number of carbonyl (C=O) groups excluding carboxylic acids is 1. The molecule has 17 heavy (non-hydrogen) atoms. The van der Waals surface area contributed by atoms with Gasteiger partial charge in [-0.25, -0.2) is 4.68 Å². The monoisotopic (exact) mass is 237 g/mol. The molecule has 1 saturated heterocycles. The lowest BCUT2D eigenvalue weighted by molar-refractivity contribution is 0.0901. The normalized spacial score (nSPS) is 21.9. The first kappa shape index (κ1) is 10.7. The molecule has 1 saturated carbocycles. The zero-order chi connectivity index (χ0) is 11.9. The van der Waals surface area contributed by atoms with E-state index in [2.05, 4.69) is 20.9 Å². The second kappa shape index (κ2) is 3.78. The Balaban J connectivity index is 1.66. The summed E-state index contributed by atoms with van der Waals surface area (Å²) in [4.78, 5) is 11.8. The molecule has 0 radical (unpaired) electrons. The van der Waals surface area contributed by atoms with Crippen LogP contribution in [0.5, 0.6) is 0 Å². The molecule has 1 aromatic rings. The number of hydrogen-bond acceptors (Lipinski definition) is 5. The molecular formula is C10H15N5O2. The van der Waals surface area contributed by atoms with E-state index in [1.165, 1.54) is 0 Å². The van der Waals surface area contributed by atoms with Gasteiger partial charge in [-0.2, -0.15) is 0 Å². The van der Waals surface area contributed by atoms with Gasteiger partial charge in [0.15, 0.2) is 5.69 Å². The summed E-state index contributed by atoms with van der Waals surface area (Å²) in [7, 11) is 0. The van der Waals surface area contributed by atoms with Gasteiger partial charge in [0.1, 0.15) is 0 Å². The van der Waals surface area contributed by atoms with Gasteiger partial charge >= 0.3 is 0 Å². The van der Waals surface area contributed by atoms with Gasteiger partial charge in [0, 0.05) is 13.1 Å². The van der Waals surface area contributed by atoms with Gasteiger partial charge in [-0.1, -0.05) is 5.21 Å². The molecule has 0 atom stereocenters. The lowest BCUT2D eigenvalue weighted by Gasteiger charge is -2.26. The van der Waals surface area contributed by atoms with Crippen molar-refractivity contribution < 1.29 is 9.90 Å². The molecule has 1 amide bonds. The average Bonchev–Trinajstić information content (AvgIpc) is 2.85. The molecule has 0 spiro atoms. The minimum atomic E-state index is -0.404. The van der Waals surface area contributed by atoms with E-state index in [-0.39, 0.29) is 12.5 Å². The van der Waals surface area contributed by atoms with Gasteiger partial charge in [0.2, 0.25) is 0 Å². The first-order chi connectivity index (χ1) is 8.22. The van der Waals surface area contributed by atoms with Crippen LogP contribution in [0.1, 0.15) is 29.4 Å². The number of nitrogens with one attached hydrogen (secondary N) is 2. The fourth-order valence-corrected chi connectivity index (χ4v) is 1.80. The van der Waals surface area contributed by atoms with Crippen LogP contribution < -0.4 is 10.6 Å². The largest absolute Gasteiger partial charge is 0.394 e. The fraction of sp³-hybridized carbons (Fsp3) is 0.700. The average molecular weight is 237 g/mol. The van der Waals surface area contributed by atoms with Gasteiger partial charge in [0.25, 0.3) is 5.91 Å². The topological polar surface area (TPSA) is 92.1 Å². The van der Waals surface area contributed by atoms with Crippen LogP contribution in [-0.4, -0.2) is 51.2 Å². The molecule has 2 heterocycles. The standard InChI is InChI=1S/C10H15N5O2/c16-6-10(1-2-10)12-9(17)8-5-15(14-13-8)7-3-11-4-7/h5,7,11,16H,1-4,6H2,(H,12,17). The van der Waals surface area contributed by atoms with Crippen molar-refractivity contribution in [2.75, 3.05) is 19.7 Å². The van der Waals surface area contributed by atoms with Crippen molar-refractivity contribution >= 4 is 5.91 Å². The number of carbonyl (C=O) groups is 1. The van der Waals surface area contributed by atoms with Crippen molar-refractivity contribution in [3.05, 3.63) is 11.9 Å². The molecular weight excluding hydrogens is 222 g/mol. The number of hydrogen-bond donors (Lipinski definition) is 3. The summed E-state index contributed by atoms with van der Waals surface area (Å²) in [6.45, 7) is 1.72. The molecule has 3 rings (SSSR count). The Hall–Kier alpha value is -1.47. The first-order valence-corrected chi connectivity index (χ1v) is 5.78. The third-order valence-corrected chi connectivity index (χ3v) is 3.41. The van der Waals surface area contributed by atoms with Crippen LogP contribution in [0.3, 0.4) is 0 Å². The van der Waals surface area contributed by atoms with E-state index in [0.29, 0.717) is 11.7 Å². The number of rotatable bonds is 4. The Morgan fingerprint density at radius 3 is 2.94 bits per heavy atom. The van der Waals surface area contributed by atoms with Crippen LogP contribution in [0.4, 0.5) is 0 Å². The van der Waals surface area contributed by atoms with Crippen molar-refractivity contribution in [2.45, 2.75) is 24.4 Å². The van der Waals surface area contributed by atoms with Crippen molar-refractivity contribution in [3.8, 4) is 0 Å². The highest BCUT2D eigenvalue weighted by molar-refractivity contribution is 5.92. The third-order valence-electron chi connectivity index (χ3n) is 3.41. The van der Waals surface area contributed by atoms with Crippen molar-refractivity contribution in [3.63, 3.8) is 0 Å². The maximum absolute atomic E-state index is 11.8. The Kier molecular flexibility index (Phi) is 2.37. The lowest BCUT2D eigenvalue weighted by Crippen LogP contribution is -2.43. The SMILES string of the molecule is O=C(NC1(CO)CC1)c1cn(C2CNC2)nn1. The number of aliphatic hydroxyl groups excluding tert-OH is 1. The van der Waals surface area contributed by atoms with Gasteiger partial charge in [-0.3, -0.25) is 4.79 Å². The Morgan fingerprint density at radius 2 is 2.41 bits per heavy atom. The van der Waals surface area contributed by atoms with Gasteiger partial charge < -0.3 is 15.7 Å². The smallest absolute Gasteiger partial charge is 0.273 e. The number of nitrogens with zero attached hydrogens (tertiary/aromatic N) is 3. The summed E-state index contributed by atoms with van der Waals surface area (Å²) in [5.74, 6) is -0.255. The van der Waals surface area contributed by atoms with Crippen LogP contribution in [0.2, 0.25) is 0 Å². The summed E-state index contributed by atoms with van der Waals surface area (Å²) in [5, 5.41) is 22.9. The molecule has 2 fully saturated rings. The Bertz CT molecular complexity index is 436. The molecule has 92 valence electrons. The molecule has 3 N–H and O–H groups in total. The quantitative estimate of drug-likeness (QED) is 0.604. The van der Waals surface area contributed by atoms with Gasteiger partial charge in [-0.15, -0.1) is 5.10 Å². The third kappa shape index (κ3) is 1.91. The van der Waals surface area contributed by atoms with Crippen LogP contribution in [0.15, 0.2) is 6.20 Å². The molecule has 1 aliphatic heterocycles. The second-order valence-electron chi connectivity index (χ2n) is 4.79. The van der Waals surface area contributed by atoms with Crippen LogP contribution in [-0.2, 0) is 0 Å². The highest BCUT2D eigenvalue weighted by Crippen LogP contribution is 2.34. The molecule has 1 aromatic heterocycles. The van der Waals surface area contributed by atoms with Crippen LogP contribution >= 0.6 is 0 Å². The summed E-state index contributed by atoms with van der Waals surface area (Å²) in [6.07, 6.45) is 3.32. The maximum Gasteiger partial charge on any atom is 0.273 e. The fourth-order valence-electron chi connectivity index (χ4n) is 1.80. The Morgan fingerprint density at radius 1 is 1.65 bits per heavy atom. The predicted molar refractivity (Wildman–Crippen MR) is 58.4 cm³/mol. The maximum atomic E-state index is 11.8.